The van der Waals surface area contributed by atoms with Gasteiger partial charge in [0.2, 0.25) is 0 Å². The zero-order chi connectivity index (χ0) is 10.7. The second-order valence-corrected chi connectivity index (χ2v) is 4.20. The molecule has 1 aromatic carbocycles. The van der Waals surface area contributed by atoms with Crippen LogP contribution in [0.15, 0.2) is 28.8 Å². The van der Waals surface area contributed by atoms with Crippen molar-refractivity contribution < 1.29 is 4.52 Å². The first-order valence-electron chi connectivity index (χ1n) is 4.59. The number of halogens is 1. The first-order chi connectivity index (χ1) is 7.31. The number of nitrogens with zero attached hydrogens (tertiary/aromatic N) is 2. The van der Waals surface area contributed by atoms with Crippen LogP contribution < -0.4 is 5.73 Å². The molecule has 15 heavy (non-hydrogen) atoms. The van der Waals surface area contributed by atoms with E-state index in [0.29, 0.717) is 24.7 Å². The Morgan fingerprint density at radius 2 is 2.13 bits per heavy atom. The fraction of sp³-hybridized carbons (Fsp3) is 0.200. The minimum absolute atomic E-state index is 0.533. The smallest absolute Gasteiger partial charge is 0.258 e. The molecular weight excluding hydrogens is 305 g/mol. The van der Waals surface area contributed by atoms with Gasteiger partial charge in [-0.1, -0.05) is 17.3 Å². The number of aromatic nitrogens is 2. The fourth-order valence-corrected chi connectivity index (χ4v) is 1.85. The Balaban J connectivity index is 2.33. The van der Waals surface area contributed by atoms with Crippen LogP contribution in [0, 0.1) is 3.57 Å². The first kappa shape index (κ1) is 10.6. The highest BCUT2D eigenvalue weighted by molar-refractivity contribution is 14.1. The molecule has 1 aromatic heterocycles. The summed E-state index contributed by atoms with van der Waals surface area (Å²) in [7, 11) is 0. The van der Waals surface area contributed by atoms with Crippen molar-refractivity contribution in [2.45, 2.75) is 6.42 Å². The third-order valence-electron chi connectivity index (χ3n) is 1.94. The van der Waals surface area contributed by atoms with Crippen LogP contribution in [0.25, 0.3) is 11.5 Å². The number of rotatable bonds is 3. The normalized spacial score (nSPS) is 10.5. The van der Waals surface area contributed by atoms with Gasteiger partial charge in [0.25, 0.3) is 5.89 Å². The summed E-state index contributed by atoms with van der Waals surface area (Å²) >= 11 is 2.24. The van der Waals surface area contributed by atoms with Gasteiger partial charge in [-0.25, -0.2) is 0 Å². The maximum Gasteiger partial charge on any atom is 0.258 e. The summed E-state index contributed by atoms with van der Waals surface area (Å²) in [6, 6.07) is 7.89. The van der Waals surface area contributed by atoms with Gasteiger partial charge in [-0.05, 0) is 41.3 Å². The summed E-state index contributed by atoms with van der Waals surface area (Å²) < 4.78 is 6.26. The van der Waals surface area contributed by atoms with Crippen LogP contribution in [0.5, 0.6) is 0 Å². The van der Waals surface area contributed by atoms with Crippen LogP contribution in [0.4, 0.5) is 0 Å². The van der Waals surface area contributed by atoms with Crippen molar-refractivity contribution >= 4 is 22.6 Å². The van der Waals surface area contributed by atoms with Gasteiger partial charge in [0.1, 0.15) is 0 Å². The Labute approximate surface area is 101 Å². The van der Waals surface area contributed by atoms with E-state index >= 15 is 0 Å². The van der Waals surface area contributed by atoms with Crippen molar-refractivity contribution in [2.24, 2.45) is 5.73 Å². The van der Waals surface area contributed by atoms with Gasteiger partial charge in [0.15, 0.2) is 5.82 Å². The lowest BCUT2D eigenvalue weighted by Crippen LogP contribution is -2.03. The third-order valence-corrected chi connectivity index (χ3v) is 2.88. The molecule has 0 fully saturated rings. The number of nitrogens with two attached hydrogens (primary N) is 1. The quantitative estimate of drug-likeness (QED) is 0.878. The second kappa shape index (κ2) is 4.71. The molecule has 0 amide bonds. The molecule has 0 spiro atoms. The fourth-order valence-electron chi connectivity index (χ4n) is 1.23. The van der Waals surface area contributed by atoms with E-state index in [0.717, 1.165) is 9.13 Å². The Kier molecular flexibility index (Phi) is 3.32. The molecule has 0 aliphatic rings. The summed E-state index contributed by atoms with van der Waals surface area (Å²) in [6.07, 6.45) is 0.646. The van der Waals surface area contributed by atoms with E-state index in [1.807, 2.05) is 24.3 Å². The van der Waals surface area contributed by atoms with Crippen molar-refractivity contribution in [3.63, 3.8) is 0 Å². The predicted molar refractivity (Wildman–Crippen MR) is 65.2 cm³/mol. The first-order valence-corrected chi connectivity index (χ1v) is 5.66. The topological polar surface area (TPSA) is 64.9 Å². The van der Waals surface area contributed by atoms with E-state index in [2.05, 4.69) is 32.7 Å². The van der Waals surface area contributed by atoms with Crippen molar-refractivity contribution in [2.75, 3.05) is 6.54 Å². The molecule has 2 rings (SSSR count). The summed E-state index contributed by atoms with van der Waals surface area (Å²) in [5.74, 6) is 1.22. The van der Waals surface area contributed by atoms with Crippen molar-refractivity contribution in [1.82, 2.24) is 10.1 Å². The highest BCUT2D eigenvalue weighted by Crippen LogP contribution is 2.22. The molecular formula is C10H10IN3O. The van der Waals surface area contributed by atoms with Gasteiger partial charge >= 0.3 is 0 Å². The predicted octanol–water partition coefficient (Wildman–Crippen LogP) is 1.84. The average Bonchev–Trinajstić information content (AvgIpc) is 2.68. The standard InChI is InChI=1S/C10H10IN3O/c11-8-4-2-1-3-7(8)10-13-9(5-6-12)14-15-10/h1-4H,5-6,12H2. The van der Waals surface area contributed by atoms with Gasteiger partial charge in [-0.15, -0.1) is 0 Å². The molecule has 0 atom stereocenters. The maximum absolute atomic E-state index is 5.42. The molecule has 2 N–H and O–H groups in total. The lowest BCUT2D eigenvalue weighted by molar-refractivity contribution is 0.422. The van der Waals surface area contributed by atoms with Gasteiger partial charge in [-0.2, -0.15) is 4.98 Å². The minimum atomic E-state index is 0.533. The van der Waals surface area contributed by atoms with Crippen LogP contribution in [0.2, 0.25) is 0 Å². The van der Waals surface area contributed by atoms with E-state index in [-0.39, 0.29) is 0 Å². The van der Waals surface area contributed by atoms with E-state index < -0.39 is 0 Å². The molecule has 5 heteroatoms. The lowest BCUT2D eigenvalue weighted by atomic mass is 10.2. The minimum Gasteiger partial charge on any atom is -0.334 e. The highest BCUT2D eigenvalue weighted by atomic mass is 127. The summed E-state index contributed by atoms with van der Waals surface area (Å²) in [4.78, 5) is 4.27. The number of benzene rings is 1. The lowest BCUT2D eigenvalue weighted by Gasteiger charge is -1.96. The Bertz CT molecular complexity index is 455. The summed E-state index contributed by atoms with van der Waals surface area (Å²) in [5.41, 5.74) is 6.38. The SMILES string of the molecule is NCCc1noc(-c2ccccc2I)n1. The van der Waals surface area contributed by atoms with Crippen molar-refractivity contribution in [1.29, 1.82) is 0 Å². The highest BCUT2D eigenvalue weighted by Gasteiger charge is 2.10. The zero-order valence-electron chi connectivity index (χ0n) is 7.98. The second-order valence-electron chi connectivity index (χ2n) is 3.03. The monoisotopic (exact) mass is 315 g/mol. The Hall–Kier alpha value is -0.950. The van der Waals surface area contributed by atoms with Crippen molar-refractivity contribution in [3.8, 4) is 11.5 Å². The Morgan fingerprint density at radius 1 is 1.33 bits per heavy atom. The third kappa shape index (κ3) is 2.35. The van der Waals surface area contributed by atoms with Gasteiger partial charge in [0, 0.05) is 9.99 Å². The molecule has 0 saturated heterocycles. The van der Waals surface area contributed by atoms with Crippen LogP contribution in [-0.4, -0.2) is 16.7 Å². The molecule has 0 radical (unpaired) electrons. The van der Waals surface area contributed by atoms with Gasteiger partial charge in [0.05, 0.1) is 5.56 Å². The molecule has 0 bridgehead atoms. The Morgan fingerprint density at radius 3 is 2.87 bits per heavy atom. The average molecular weight is 315 g/mol. The molecule has 0 unspecified atom stereocenters. The molecule has 0 aliphatic carbocycles. The van der Waals surface area contributed by atoms with E-state index in [9.17, 15) is 0 Å². The van der Waals surface area contributed by atoms with E-state index in [4.69, 9.17) is 10.3 Å². The maximum atomic E-state index is 5.42. The number of hydrogen-bond donors (Lipinski definition) is 1. The molecule has 2 aromatic rings. The summed E-state index contributed by atoms with van der Waals surface area (Å²) in [6.45, 7) is 0.533. The van der Waals surface area contributed by atoms with Crippen LogP contribution >= 0.6 is 22.6 Å². The molecule has 4 nitrogen and oxygen atoms in total. The molecule has 0 saturated carbocycles. The van der Waals surface area contributed by atoms with Crippen LogP contribution in [-0.2, 0) is 6.42 Å². The number of hydrogen-bond acceptors (Lipinski definition) is 4. The van der Waals surface area contributed by atoms with Gasteiger partial charge < -0.3 is 10.3 Å². The molecule has 1 heterocycles. The molecule has 0 aliphatic heterocycles. The van der Waals surface area contributed by atoms with Crippen LogP contribution in [0.3, 0.4) is 0 Å². The van der Waals surface area contributed by atoms with Crippen LogP contribution in [0.1, 0.15) is 5.82 Å². The van der Waals surface area contributed by atoms with E-state index in [1.165, 1.54) is 0 Å². The van der Waals surface area contributed by atoms with E-state index in [1.54, 1.807) is 0 Å². The zero-order valence-corrected chi connectivity index (χ0v) is 10.1. The largest absolute Gasteiger partial charge is 0.334 e. The van der Waals surface area contributed by atoms with Gasteiger partial charge in [-0.3, -0.25) is 0 Å². The summed E-state index contributed by atoms with van der Waals surface area (Å²) in [5, 5.41) is 3.85. The van der Waals surface area contributed by atoms with Crippen molar-refractivity contribution in [3.05, 3.63) is 33.7 Å². The molecule has 78 valence electrons.